The molecule has 2 amide bonds. The van der Waals surface area contributed by atoms with Crippen LogP contribution in [0.3, 0.4) is 0 Å². The molecule has 2 aromatic carbocycles. The summed E-state index contributed by atoms with van der Waals surface area (Å²) in [5.74, 6) is 0.0282. The van der Waals surface area contributed by atoms with Gasteiger partial charge in [0, 0.05) is 31.8 Å². The molecule has 0 saturated heterocycles. The van der Waals surface area contributed by atoms with E-state index in [-0.39, 0.29) is 12.0 Å². The van der Waals surface area contributed by atoms with Crippen molar-refractivity contribution in [3.8, 4) is 5.75 Å². The summed E-state index contributed by atoms with van der Waals surface area (Å²) in [7, 11) is 0. The normalized spacial score (nSPS) is 13.2. The lowest BCUT2D eigenvalue weighted by atomic mass is 10.0. The van der Waals surface area contributed by atoms with Gasteiger partial charge in [-0.15, -0.1) is 0 Å². The number of urea groups is 1. The molecule has 0 fully saturated rings. The zero-order valence-corrected chi connectivity index (χ0v) is 12.9. The molecule has 0 saturated carbocycles. The van der Waals surface area contributed by atoms with Gasteiger partial charge in [0.15, 0.2) is 0 Å². The van der Waals surface area contributed by atoms with Gasteiger partial charge in [-0.1, -0.05) is 30.3 Å². The van der Waals surface area contributed by atoms with Gasteiger partial charge in [-0.05, 0) is 29.7 Å². The highest BCUT2D eigenvalue weighted by Gasteiger charge is 2.20. The second-order valence-corrected chi connectivity index (χ2v) is 5.49. The topological polar surface area (TPSA) is 58.6 Å². The van der Waals surface area contributed by atoms with Crippen molar-refractivity contribution in [3.63, 3.8) is 0 Å². The van der Waals surface area contributed by atoms with Gasteiger partial charge < -0.3 is 15.0 Å². The number of fused-ring (bicyclic) bond motifs is 1. The maximum atomic E-state index is 12.4. The van der Waals surface area contributed by atoms with E-state index in [0.29, 0.717) is 24.5 Å². The lowest BCUT2D eigenvalue weighted by Crippen LogP contribution is -2.38. The Hall–Kier alpha value is -2.82. The number of rotatable bonds is 2. The molecular weight excluding hydrogens is 292 g/mol. The SMILES string of the molecule is CC(=O)Oc1cccc(NC(=O)N2CCc3ccccc3C2)c1. The summed E-state index contributed by atoms with van der Waals surface area (Å²) >= 11 is 0. The molecule has 0 aromatic heterocycles. The van der Waals surface area contributed by atoms with Crippen molar-refractivity contribution in [2.45, 2.75) is 19.9 Å². The van der Waals surface area contributed by atoms with Gasteiger partial charge in [0.2, 0.25) is 0 Å². The lowest BCUT2D eigenvalue weighted by molar-refractivity contribution is -0.131. The highest BCUT2D eigenvalue weighted by atomic mass is 16.5. The number of amides is 2. The molecule has 0 atom stereocenters. The number of benzene rings is 2. The number of carbonyl (C=O) groups excluding carboxylic acids is 2. The Morgan fingerprint density at radius 3 is 2.65 bits per heavy atom. The summed E-state index contributed by atoms with van der Waals surface area (Å²) in [6, 6.07) is 14.8. The third kappa shape index (κ3) is 3.69. The van der Waals surface area contributed by atoms with E-state index in [1.165, 1.54) is 18.1 Å². The maximum Gasteiger partial charge on any atom is 0.322 e. The first-order valence-electron chi connectivity index (χ1n) is 7.53. The van der Waals surface area contributed by atoms with E-state index < -0.39 is 0 Å². The molecule has 118 valence electrons. The van der Waals surface area contributed by atoms with Crippen LogP contribution in [0.1, 0.15) is 18.1 Å². The Morgan fingerprint density at radius 1 is 1.09 bits per heavy atom. The smallest absolute Gasteiger partial charge is 0.322 e. The molecule has 2 aromatic rings. The molecule has 5 heteroatoms. The molecule has 0 spiro atoms. The van der Waals surface area contributed by atoms with Crippen molar-refractivity contribution in [1.29, 1.82) is 0 Å². The first kappa shape index (κ1) is 15.1. The van der Waals surface area contributed by atoms with Crippen molar-refractivity contribution >= 4 is 17.7 Å². The number of nitrogens with one attached hydrogen (secondary N) is 1. The molecule has 1 N–H and O–H groups in total. The quantitative estimate of drug-likeness (QED) is 0.684. The number of ether oxygens (including phenoxy) is 1. The Balaban J connectivity index is 1.67. The number of esters is 1. The molecule has 0 bridgehead atoms. The monoisotopic (exact) mass is 310 g/mol. The van der Waals surface area contributed by atoms with Crippen molar-refractivity contribution in [1.82, 2.24) is 4.90 Å². The third-order valence-electron chi connectivity index (χ3n) is 3.76. The van der Waals surface area contributed by atoms with E-state index in [1.54, 1.807) is 29.2 Å². The summed E-state index contributed by atoms with van der Waals surface area (Å²) in [5, 5.41) is 2.85. The summed E-state index contributed by atoms with van der Waals surface area (Å²) < 4.78 is 5.02. The Bertz CT molecular complexity index is 743. The second kappa shape index (κ2) is 6.52. The minimum Gasteiger partial charge on any atom is -0.427 e. The number of hydrogen-bond donors (Lipinski definition) is 1. The predicted octanol–water partition coefficient (Wildman–Crippen LogP) is 3.20. The number of hydrogen-bond acceptors (Lipinski definition) is 3. The van der Waals surface area contributed by atoms with Crippen LogP contribution in [0.15, 0.2) is 48.5 Å². The van der Waals surface area contributed by atoms with Crippen molar-refractivity contribution in [3.05, 3.63) is 59.7 Å². The van der Waals surface area contributed by atoms with Crippen molar-refractivity contribution < 1.29 is 14.3 Å². The first-order chi connectivity index (χ1) is 11.1. The summed E-state index contributed by atoms with van der Waals surface area (Å²) in [4.78, 5) is 25.2. The minimum absolute atomic E-state index is 0.153. The van der Waals surface area contributed by atoms with Crippen LogP contribution in [0.4, 0.5) is 10.5 Å². The van der Waals surface area contributed by atoms with Crippen LogP contribution in [-0.2, 0) is 17.8 Å². The fourth-order valence-corrected chi connectivity index (χ4v) is 2.67. The Morgan fingerprint density at radius 2 is 1.87 bits per heavy atom. The van der Waals surface area contributed by atoms with E-state index in [0.717, 1.165) is 6.42 Å². The van der Waals surface area contributed by atoms with Crippen LogP contribution < -0.4 is 10.1 Å². The third-order valence-corrected chi connectivity index (χ3v) is 3.76. The molecular formula is C18H18N2O3. The van der Waals surface area contributed by atoms with Gasteiger partial charge in [-0.3, -0.25) is 4.79 Å². The highest BCUT2D eigenvalue weighted by Crippen LogP contribution is 2.21. The van der Waals surface area contributed by atoms with Gasteiger partial charge in [0.05, 0.1) is 0 Å². The van der Waals surface area contributed by atoms with Gasteiger partial charge in [0.1, 0.15) is 5.75 Å². The predicted molar refractivity (Wildman–Crippen MR) is 87.3 cm³/mol. The van der Waals surface area contributed by atoms with E-state index in [1.807, 2.05) is 12.1 Å². The molecule has 3 rings (SSSR count). The molecule has 1 aliphatic heterocycles. The Labute approximate surface area is 134 Å². The van der Waals surface area contributed by atoms with E-state index in [2.05, 4.69) is 17.4 Å². The number of anilines is 1. The summed E-state index contributed by atoms with van der Waals surface area (Å²) in [6.45, 7) is 2.63. The number of nitrogens with zero attached hydrogens (tertiary/aromatic N) is 1. The standard InChI is InChI=1S/C18H18N2O3/c1-13(21)23-17-8-4-7-16(11-17)19-18(22)20-10-9-14-5-2-3-6-15(14)12-20/h2-8,11H,9-10,12H2,1H3,(H,19,22). The van der Waals surface area contributed by atoms with Crippen LogP contribution >= 0.6 is 0 Å². The molecule has 23 heavy (non-hydrogen) atoms. The van der Waals surface area contributed by atoms with Crippen LogP contribution in [0, 0.1) is 0 Å². The fourth-order valence-electron chi connectivity index (χ4n) is 2.67. The fraction of sp³-hybridized carbons (Fsp3) is 0.222. The van der Waals surface area contributed by atoms with Crippen molar-refractivity contribution in [2.75, 3.05) is 11.9 Å². The molecule has 0 radical (unpaired) electrons. The molecule has 0 aliphatic carbocycles. The number of carbonyl (C=O) groups is 2. The lowest BCUT2D eigenvalue weighted by Gasteiger charge is -2.29. The zero-order chi connectivity index (χ0) is 16.2. The van der Waals surface area contributed by atoms with Crippen molar-refractivity contribution in [2.24, 2.45) is 0 Å². The van der Waals surface area contributed by atoms with Crippen LogP contribution in [0.5, 0.6) is 5.75 Å². The van der Waals surface area contributed by atoms with Gasteiger partial charge in [-0.25, -0.2) is 4.79 Å². The molecule has 5 nitrogen and oxygen atoms in total. The van der Waals surface area contributed by atoms with E-state index in [4.69, 9.17) is 4.74 Å². The average molecular weight is 310 g/mol. The van der Waals surface area contributed by atoms with Crippen LogP contribution in [0.25, 0.3) is 0 Å². The molecule has 1 aliphatic rings. The van der Waals surface area contributed by atoms with Crippen LogP contribution in [-0.4, -0.2) is 23.4 Å². The van der Waals surface area contributed by atoms with E-state index >= 15 is 0 Å². The largest absolute Gasteiger partial charge is 0.427 e. The van der Waals surface area contributed by atoms with Gasteiger partial charge in [-0.2, -0.15) is 0 Å². The van der Waals surface area contributed by atoms with E-state index in [9.17, 15) is 9.59 Å². The average Bonchev–Trinajstić information content (AvgIpc) is 2.54. The highest BCUT2D eigenvalue weighted by molar-refractivity contribution is 5.89. The zero-order valence-electron chi connectivity index (χ0n) is 12.9. The molecule has 0 unspecified atom stereocenters. The maximum absolute atomic E-state index is 12.4. The van der Waals surface area contributed by atoms with Gasteiger partial charge >= 0.3 is 12.0 Å². The summed E-state index contributed by atoms with van der Waals surface area (Å²) in [6.07, 6.45) is 0.858. The second-order valence-electron chi connectivity index (χ2n) is 5.49. The summed E-state index contributed by atoms with van der Waals surface area (Å²) in [5.41, 5.74) is 3.09. The first-order valence-corrected chi connectivity index (χ1v) is 7.53. The molecule has 1 heterocycles. The van der Waals surface area contributed by atoms with Gasteiger partial charge in [0.25, 0.3) is 0 Å². The van der Waals surface area contributed by atoms with Crippen LogP contribution in [0.2, 0.25) is 0 Å². The minimum atomic E-state index is -0.388. The Kier molecular flexibility index (Phi) is 4.28.